The summed E-state index contributed by atoms with van der Waals surface area (Å²) < 4.78 is 5.58. The molecule has 0 aromatic heterocycles. The number of aryl methyl sites for hydroxylation is 1. The van der Waals surface area contributed by atoms with Gasteiger partial charge in [0.1, 0.15) is 24.1 Å². The van der Waals surface area contributed by atoms with E-state index >= 15 is 0 Å². The highest BCUT2D eigenvalue weighted by Gasteiger charge is 2.23. The number of carbonyl (C=O) groups excluding carboxylic acids is 2. The van der Waals surface area contributed by atoms with Gasteiger partial charge in [0.15, 0.2) is 5.96 Å². The molecule has 2 amide bonds. The van der Waals surface area contributed by atoms with E-state index in [9.17, 15) is 24.6 Å². The van der Waals surface area contributed by atoms with Gasteiger partial charge in [-0.1, -0.05) is 18.2 Å². The Morgan fingerprint density at radius 2 is 1.94 bits per heavy atom. The summed E-state index contributed by atoms with van der Waals surface area (Å²) >= 11 is 0. The van der Waals surface area contributed by atoms with Gasteiger partial charge in [-0.05, 0) is 37.1 Å². The minimum Gasteiger partial charge on any atom is -0.507 e. The van der Waals surface area contributed by atoms with Gasteiger partial charge in [0, 0.05) is 31.3 Å². The summed E-state index contributed by atoms with van der Waals surface area (Å²) in [6, 6.07) is 9.62. The Morgan fingerprint density at radius 3 is 2.63 bits per heavy atom. The van der Waals surface area contributed by atoms with E-state index in [2.05, 4.69) is 26.3 Å². The van der Waals surface area contributed by atoms with Crippen LogP contribution in [0.25, 0.3) is 0 Å². The fourth-order valence-corrected chi connectivity index (χ4v) is 3.34. The first-order valence-corrected chi connectivity index (χ1v) is 11.2. The number of aromatic hydroxyl groups is 1. The molecule has 1 heterocycles. The van der Waals surface area contributed by atoms with Crippen molar-refractivity contribution in [2.75, 3.05) is 32.8 Å². The molecule has 11 heteroatoms. The highest BCUT2D eigenvalue weighted by atomic mass is 16.5. The van der Waals surface area contributed by atoms with Crippen molar-refractivity contribution in [3.63, 3.8) is 0 Å². The number of benzene rings is 2. The Morgan fingerprint density at radius 1 is 1.14 bits per heavy atom. The van der Waals surface area contributed by atoms with Crippen LogP contribution in [0.1, 0.15) is 32.7 Å². The Labute approximate surface area is 202 Å². The van der Waals surface area contributed by atoms with Gasteiger partial charge in [-0.15, -0.1) is 0 Å². The minimum absolute atomic E-state index is 0.0504. The van der Waals surface area contributed by atoms with Gasteiger partial charge in [0.25, 0.3) is 11.8 Å². The number of guanidine groups is 1. The number of carboxylic acid groups (broad SMARTS) is 1. The van der Waals surface area contributed by atoms with Crippen LogP contribution in [0.5, 0.6) is 11.5 Å². The summed E-state index contributed by atoms with van der Waals surface area (Å²) in [4.78, 5) is 40.8. The Bertz CT molecular complexity index is 1100. The molecule has 1 aliphatic rings. The molecule has 0 bridgehead atoms. The van der Waals surface area contributed by atoms with E-state index < -0.39 is 23.8 Å². The minimum atomic E-state index is -1.36. The molecule has 11 nitrogen and oxygen atoms in total. The van der Waals surface area contributed by atoms with Crippen LogP contribution < -0.4 is 26.0 Å². The first-order valence-electron chi connectivity index (χ1n) is 11.2. The zero-order valence-corrected chi connectivity index (χ0v) is 19.3. The third kappa shape index (κ3) is 7.36. The molecule has 186 valence electrons. The smallest absolute Gasteiger partial charge is 0.328 e. The fraction of sp³-hybridized carbons (Fsp3) is 0.333. The first-order chi connectivity index (χ1) is 16.8. The highest BCUT2D eigenvalue weighted by Crippen LogP contribution is 2.23. The van der Waals surface area contributed by atoms with Crippen molar-refractivity contribution in [1.29, 1.82) is 0 Å². The third-order valence-corrected chi connectivity index (χ3v) is 5.23. The van der Waals surface area contributed by atoms with Gasteiger partial charge in [-0.25, -0.2) is 4.79 Å². The maximum atomic E-state index is 12.5. The van der Waals surface area contributed by atoms with E-state index in [0.29, 0.717) is 30.0 Å². The van der Waals surface area contributed by atoms with E-state index in [4.69, 9.17) is 4.74 Å². The molecule has 1 atom stereocenters. The van der Waals surface area contributed by atoms with Crippen LogP contribution >= 0.6 is 0 Å². The first kappa shape index (κ1) is 25.3. The molecule has 3 rings (SSSR count). The number of nitrogens with one attached hydrogen (secondary N) is 4. The zero-order chi connectivity index (χ0) is 25.2. The fourth-order valence-electron chi connectivity index (χ4n) is 3.34. The molecule has 0 radical (unpaired) electrons. The van der Waals surface area contributed by atoms with Crippen molar-refractivity contribution in [3.05, 3.63) is 59.2 Å². The second-order valence-electron chi connectivity index (χ2n) is 7.85. The molecule has 1 aliphatic heterocycles. The summed E-state index contributed by atoms with van der Waals surface area (Å²) in [6.07, 6.45) is 1.000. The number of aliphatic carboxylic acids is 1. The van der Waals surface area contributed by atoms with Gasteiger partial charge < -0.3 is 36.2 Å². The standard InChI is InChI=1S/C24H29N5O6/c1-15-5-2-3-6-17(15)22(32)29-19(23(33)34)14-28-21(31)18-8-7-16(13-20(18)30)35-12-11-27-24-25-9-4-10-26-24/h2-3,5-8,13,19,30H,4,9-12,14H2,1H3,(H,28,31)(H,29,32)(H,33,34)(H2,25,26,27)/t19-/m0/s1. The average molecular weight is 484 g/mol. The SMILES string of the molecule is Cc1ccccc1C(=O)N[C@@H](CNC(=O)c1ccc(OCCNC2=NCCCN2)cc1O)C(=O)O. The van der Waals surface area contributed by atoms with E-state index in [0.717, 1.165) is 25.5 Å². The summed E-state index contributed by atoms with van der Waals surface area (Å²) in [7, 11) is 0. The van der Waals surface area contributed by atoms with E-state index in [1.54, 1.807) is 31.2 Å². The van der Waals surface area contributed by atoms with E-state index in [1.165, 1.54) is 18.2 Å². The molecule has 0 aliphatic carbocycles. The number of aliphatic imine (C=N–C) groups is 1. The molecular formula is C24H29N5O6. The van der Waals surface area contributed by atoms with Gasteiger partial charge >= 0.3 is 5.97 Å². The molecule has 0 fully saturated rings. The second kappa shape index (κ2) is 12.3. The van der Waals surface area contributed by atoms with Crippen LogP contribution in [-0.2, 0) is 4.79 Å². The highest BCUT2D eigenvalue weighted by molar-refractivity contribution is 5.99. The Hall–Kier alpha value is -4.28. The lowest BCUT2D eigenvalue weighted by Crippen LogP contribution is -2.48. The van der Waals surface area contributed by atoms with Crippen LogP contribution in [0, 0.1) is 6.92 Å². The third-order valence-electron chi connectivity index (χ3n) is 5.23. The maximum absolute atomic E-state index is 12.5. The number of carbonyl (C=O) groups is 3. The number of ether oxygens (including phenoxy) is 1. The van der Waals surface area contributed by atoms with Crippen molar-refractivity contribution in [1.82, 2.24) is 21.3 Å². The number of nitrogens with zero attached hydrogens (tertiary/aromatic N) is 1. The van der Waals surface area contributed by atoms with Gasteiger partial charge in [0.05, 0.1) is 12.1 Å². The molecule has 0 unspecified atom stereocenters. The second-order valence-corrected chi connectivity index (χ2v) is 7.85. The average Bonchev–Trinajstić information content (AvgIpc) is 2.85. The topological polar surface area (TPSA) is 161 Å². The van der Waals surface area contributed by atoms with Crippen LogP contribution in [0.15, 0.2) is 47.5 Å². The predicted octanol–water partition coefficient (Wildman–Crippen LogP) is 0.631. The van der Waals surface area contributed by atoms with E-state index in [-0.39, 0.29) is 17.9 Å². The lowest BCUT2D eigenvalue weighted by molar-refractivity contribution is -0.139. The van der Waals surface area contributed by atoms with Crippen LogP contribution in [0.4, 0.5) is 0 Å². The molecule has 2 aromatic rings. The number of rotatable bonds is 10. The van der Waals surface area contributed by atoms with Crippen molar-refractivity contribution < 1.29 is 29.3 Å². The summed E-state index contributed by atoms with van der Waals surface area (Å²) in [5, 5.41) is 30.8. The monoisotopic (exact) mass is 483 g/mol. The zero-order valence-electron chi connectivity index (χ0n) is 19.3. The predicted molar refractivity (Wildman–Crippen MR) is 129 cm³/mol. The van der Waals surface area contributed by atoms with Crippen molar-refractivity contribution >= 4 is 23.7 Å². The number of phenolic OH excluding ortho intramolecular Hbond substituents is 1. The number of hydrogen-bond donors (Lipinski definition) is 6. The molecule has 6 N–H and O–H groups in total. The number of carboxylic acids is 1. The number of phenols is 1. The molecule has 2 aromatic carbocycles. The van der Waals surface area contributed by atoms with Crippen LogP contribution in [-0.4, -0.2) is 72.8 Å². The van der Waals surface area contributed by atoms with Crippen molar-refractivity contribution in [2.45, 2.75) is 19.4 Å². The summed E-state index contributed by atoms with van der Waals surface area (Å²) in [5.41, 5.74) is 0.989. The van der Waals surface area contributed by atoms with Gasteiger partial charge in [-0.2, -0.15) is 0 Å². The van der Waals surface area contributed by atoms with Gasteiger partial charge in [0.2, 0.25) is 0 Å². The number of amides is 2. The van der Waals surface area contributed by atoms with Gasteiger partial charge in [-0.3, -0.25) is 14.6 Å². The van der Waals surface area contributed by atoms with Crippen LogP contribution in [0.2, 0.25) is 0 Å². The lowest BCUT2D eigenvalue weighted by atomic mass is 10.1. The lowest BCUT2D eigenvalue weighted by Gasteiger charge is -2.17. The van der Waals surface area contributed by atoms with Crippen molar-refractivity contribution in [3.8, 4) is 11.5 Å². The molecule has 0 saturated carbocycles. The Kier molecular flexibility index (Phi) is 8.88. The Balaban J connectivity index is 1.50. The molecule has 0 spiro atoms. The quantitative estimate of drug-likeness (QED) is 0.268. The normalized spacial score (nSPS) is 13.6. The summed E-state index contributed by atoms with van der Waals surface area (Å²) in [5.74, 6) is -1.77. The molecule has 0 saturated heterocycles. The largest absolute Gasteiger partial charge is 0.507 e. The molecular weight excluding hydrogens is 454 g/mol. The van der Waals surface area contributed by atoms with Crippen LogP contribution in [0.3, 0.4) is 0 Å². The maximum Gasteiger partial charge on any atom is 0.328 e. The van der Waals surface area contributed by atoms with Crippen molar-refractivity contribution in [2.24, 2.45) is 4.99 Å². The molecule has 35 heavy (non-hydrogen) atoms. The van der Waals surface area contributed by atoms with E-state index in [1.807, 2.05) is 0 Å². The number of hydrogen-bond acceptors (Lipinski definition) is 8. The summed E-state index contributed by atoms with van der Waals surface area (Å²) in [6.45, 7) is 3.83.